The Kier molecular flexibility index (Phi) is 5.81. The first kappa shape index (κ1) is 20.7. The fourth-order valence-electron chi connectivity index (χ4n) is 3.69. The van der Waals surface area contributed by atoms with Crippen molar-refractivity contribution >= 4 is 0 Å². The van der Waals surface area contributed by atoms with Crippen molar-refractivity contribution in [3.8, 4) is 23.0 Å². The number of hydrogen-bond acceptors (Lipinski definition) is 2. The Morgan fingerprint density at radius 2 is 0.839 bits per heavy atom. The van der Waals surface area contributed by atoms with E-state index in [4.69, 9.17) is 9.47 Å². The van der Waals surface area contributed by atoms with Crippen LogP contribution in [-0.2, 0) is 5.41 Å². The minimum atomic E-state index is -0.210. The van der Waals surface area contributed by atoms with E-state index in [1.54, 1.807) is 0 Å². The second kappa shape index (κ2) is 8.69. The molecule has 0 saturated carbocycles. The summed E-state index contributed by atoms with van der Waals surface area (Å²) in [6.07, 6.45) is 0. The number of rotatable bonds is 6. The van der Waals surface area contributed by atoms with E-state index in [2.05, 4.69) is 76.2 Å². The molecule has 0 aliphatic rings. The SMILES string of the molecule is Cc1cccc(Oc2cccc(C(C)(C)c3cccc(Oc4cccc(C)c4)c3)c2)c1. The lowest BCUT2D eigenvalue weighted by Crippen LogP contribution is -2.18. The van der Waals surface area contributed by atoms with Crippen molar-refractivity contribution in [3.63, 3.8) is 0 Å². The van der Waals surface area contributed by atoms with Crippen LogP contribution < -0.4 is 9.47 Å². The second-order valence-electron chi connectivity index (χ2n) is 8.52. The van der Waals surface area contributed by atoms with Gasteiger partial charge in [0.1, 0.15) is 23.0 Å². The lowest BCUT2D eigenvalue weighted by Gasteiger charge is -2.27. The van der Waals surface area contributed by atoms with E-state index in [-0.39, 0.29) is 5.41 Å². The third-order valence-electron chi connectivity index (χ3n) is 5.56. The van der Waals surface area contributed by atoms with Gasteiger partial charge in [0.25, 0.3) is 0 Å². The molecular weight excluding hydrogens is 380 g/mol. The van der Waals surface area contributed by atoms with Crippen LogP contribution in [0.1, 0.15) is 36.1 Å². The number of hydrogen-bond donors (Lipinski definition) is 0. The summed E-state index contributed by atoms with van der Waals surface area (Å²) in [4.78, 5) is 0. The highest BCUT2D eigenvalue weighted by Crippen LogP contribution is 2.36. The van der Waals surface area contributed by atoms with E-state index in [0.717, 1.165) is 23.0 Å². The molecule has 0 aliphatic heterocycles. The van der Waals surface area contributed by atoms with Crippen LogP contribution in [0.3, 0.4) is 0 Å². The van der Waals surface area contributed by atoms with Gasteiger partial charge in [-0.2, -0.15) is 0 Å². The molecule has 0 atom stereocenters. The van der Waals surface area contributed by atoms with Crippen molar-refractivity contribution in [3.05, 3.63) is 119 Å². The van der Waals surface area contributed by atoms with Crippen LogP contribution in [0.25, 0.3) is 0 Å². The monoisotopic (exact) mass is 408 g/mol. The predicted octanol–water partition coefficient (Wildman–Crippen LogP) is 8.21. The summed E-state index contributed by atoms with van der Waals surface area (Å²) in [6, 6.07) is 32.9. The highest BCUT2D eigenvalue weighted by Gasteiger charge is 2.24. The number of aryl methyl sites for hydroxylation is 2. The maximum atomic E-state index is 6.12. The molecule has 0 bridgehead atoms. The Hall–Kier alpha value is -3.52. The van der Waals surface area contributed by atoms with Crippen LogP contribution in [0.2, 0.25) is 0 Å². The molecule has 0 aromatic heterocycles. The Balaban J connectivity index is 1.59. The fourth-order valence-corrected chi connectivity index (χ4v) is 3.69. The van der Waals surface area contributed by atoms with Crippen molar-refractivity contribution in [1.29, 1.82) is 0 Å². The van der Waals surface area contributed by atoms with E-state index < -0.39 is 0 Å². The van der Waals surface area contributed by atoms with Crippen molar-refractivity contribution in [2.24, 2.45) is 0 Å². The molecule has 0 heterocycles. The number of benzene rings is 4. The summed E-state index contributed by atoms with van der Waals surface area (Å²) < 4.78 is 12.2. The highest BCUT2D eigenvalue weighted by molar-refractivity contribution is 5.45. The number of ether oxygens (including phenoxy) is 2. The van der Waals surface area contributed by atoms with Crippen molar-refractivity contribution < 1.29 is 9.47 Å². The van der Waals surface area contributed by atoms with Gasteiger partial charge in [0.2, 0.25) is 0 Å². The van der Waals surface area contributed by atoms with Crippen molar-refractivity contribution in [2.45, 2.75) is 33.1 Å². The van der Waals surface area contributed by atoms with Crippen LogP contribution in [-0.4, -0.2) is 0 Å². The fraction of sp³-hybridized carbons (Fsp3) is 0.172. The third-order valence-corrected chi connectivity index (χ3v) is 5.56. The van der Waals surface area contributed by atoms with E-state index in [0.29, 0.717) is 0 Å². The smallest absolute Gasteiger partial charge is 0.127 e. The summed E-state index contributed by atoms with van der Waals surface area (Å²) in [5.74, 6) is 3.37. The van der Waals surface area contributed by atoms with Gasteiger partial charge in [0.15, 0.2) is 0 Å². The molecule has 31 heavy (non-hydrogen) atoms. The van der Waals surface area contributed by atoms with E-state index in [9.17, 15) is 0 Å². The van der Waals surface area contributed by atoms with Crippen LogP contribution in [0.4, 0.5) is 0 Å². The van der Waals surface area contributed by atoms with Crippen LogP contribution in [0, 0.1) is 13.8 Å². The zero-order valence-electron chi connectivity index (χ0n) is 18.6. The van der Waals surface area contributed by atoms with Crippen LogP contribution in [0.5, 0.6) is 23.0 Å². The molecule has 0 amide bonds. The van der Waals surface area contributed by atoms with Gasteiger partial charge in [0, 0.05) is 5.41 Å². The first-order chi connectivity index (χ1) is 14.9. The molecule has 0 spiro atoms. The Morgan fingerprint density at radius 3 is 1.23 bits per heavy atom. The van der Waals surface area contributed by atoms with Gasteiger partial charge in [-0.05, 0) is 84.6 Å². The van der Waals surface area contributed by atoms with Gasteiger partial charge in [0.05, 0.1) is 0 Å². The molecule has 4 aromatic carbocycles. The van der Waals surface area contributed by atoms with Crippen LogP contribution >= 0.6 is 0 Å². The zero-order valence-corrected chi connectivity index (χ0v) is 18.6. The Morgan fingerprint density at radius 1 is 0.484 bits per heavy atom. The highest BCUT2D eigenvalue weighted by atomic mass is 16.5. The van der Waals surface area contributed by atoms with Gasteiger partial charge >= 0.3 is 0 Å². The molecule has 0 unspecified atom stereocenters. The maximum Gasteiger partial charge on any atom is 0.127 e. The van der Waals surface area contributed by atoms with Gasteiger partial charge in [-0.1, -0.05) is 62.4 Å². The normalized spacial score (nSPS) is 11.2. The molecule has 0 aliphatic carbocycles. The topological polar surface area (TPSA) is 18.5 Å². The molecule has 4 rings (SSSR count). The molecule has 0 saturated heterocycles. The van der Waals surface area contributed by atoms with Gasteiger partial charge in [-0.25, -0.2) is 0 Å². The van der Waals surface area contributed by atoms with E-state index in [1.807, 2.05) is 48.5 Å². The molecular formula is C29H28O2. The third kappa shape index (κ3) is 4.97. The quantitative estimate of drug-likeness (QED) is 0.320. The van der Waals surface area contributed by atoms with E-state index >= 15 is 0 Å². The molecule has 2 heteroatoms. The molecule has 156 valence electrons. The lowest BCUT2D eigenvalue weighted by atomic mass is 9.78. The second-order valence-corrected chi connectivity index (χ2v) is 8.52. The maximum absolute atomic E-state index is 6.12. The summed E-state index contributed by atoms with van der Waals surface area (Å²) >= 11 is 0. The summed E-state index contributed by atoms with van der Waals surface area (Å²) in [5.41, 5.74) is 4.52. The minimum absolute atomic E-state index is 0.210. The first-order valence-corrected chi connectivity index (χ1v) is 10.6. The van der Waals surface area contributed by atoms with Gasteiger partial charge in [-0.15, -0.1) is 0 Å². The van der Waals surface area contributed by atoms with E-state index in [1.165, 1.54) is 22.3 Å². The Labute approximate surface area is 185 Å². The minimum Gasteiger partial charge on any atom is -0.457 e. The summed E-state index contributed by atoms with van der Waals surface area (Å²) in [7, 11) is 0. The molecule has 4 aromatic rings. The summed E-state index contributed by atoms with van der Waals surface area (Å²) in [5, 5.41) is 0. The zero-order chi connectivity index (χ0) is 21.8. The largest absolute Gasteiger partial charge is 0.457 e. The molecule has 0 N–H and O–H groups in total. The van der Waals surface area contributed by atoms with Gasteiger partial charge in [-0.3, -0.25) is 0 Å². The average molecular weight is 409 g/mol. The first-order valence-electron chi connectivity index (χ1n) is 10.6. The standard InChI is InChI=1S/C29H28O2/c1-21-9-5-13-25(17-21)30-27-15-7-11-23(19-27)29(3,4)24-12-8-16-28(20-24)31-26-14-6-10-22(2)18-26/h5-20H,1-4H3. The lowest BCUT2D eigenvalue weighted by molar-refractivity contribution is 0.477. The predicted molar refractivity (Wildman–Crippen MR) is 128 cm³/mol. The molecule has 2 nitrogen and oxygen atoms in total. The van der Waals surface area contributed by atoms with Crippen molar-refractivity contribution in [2.75, 3.05) is 0 Å². The Bertz CT molecular complexity index is 1100. The molecule has 0 fully saturated rings. The molecule has 0 radical (unpaired) electrons. The van der Waals surface area contributed by atoms with Gasteiger partial charge < -0.3 is 9.47 Å². The van der Waals surface area contributed by atoms with Crippen molar-refractivity contribution in [1.82, 2.24) is 0 Å². The summed E-state index contributed by atoms with van der Waals surface area (Å²) in [6.45, 7) is 8.59. The van der Waals surface area contributed by atoms with Crippen LogP contribution in [0.15, 0.2) is 97.1 Å². The average Bonchev–Trinajstić information content (AvgIpc) is 2.74.